The summed E-state index contributed by atoms with van der Waals surface area (Å²) in [6.07, 6.45) is 0. The van der Waals surface area contributed by atoms with Gasteiger partial charge in [-0.3, -0.25) is 4.79 Å². The summed E-state index contributed by atoms with van der Waals surface area (Å²) in [6.45, 7) is 3.19. The van der Waals surface area contributed by atoms with Crippen molar-refractivity contribution in [3.63, 3.8) is 0 Å². The molecule has 152 valence electrons. The molecule has 0 unspecified atom stereocenters. The number of amides is 1. The van der Waals surface area contributed by atoms with Crippen LogP contribution in [0.15, 0.2) is 41.3 Å². The third-order valence-corrected chi connectivity index (χ3v) is 5.60. The summed E-state index contributed by atoms with van der Waals surface area (Å²) in [7, 11) is 0.582. The predicted octanol–water partition coefficient (Wildman–Crippen LogP) is 2.33. The summed E-state index contributed by atoms with van der Waals surface area (Å²) >= 11 is 0. The average molecular weight is 408 g/mol. The molecule has 28 heavy (non-hydrogen) atoms. The molecule has 8 nitrogen and oxygen atoms in total. The summed E-state index contributed by atoms with van der Waals surface area (Å²) in [5.41, 5.74) is 1.04. The van der Waals surface area contributed by atoms with Gasteiger partial charge in [0.25, 0.3) is 0 Å². The van der Waals surface area contributed by atoms with Crippen LogP contribution in [0.1, 0.15) is 12.5 Å². The monoisotopic (exact) mass is 408 g/mol. The molecule has 9 heteroatoms. The van der Waals surface area contributed by atoms with Crippen molar-refractivity contribution in [3.8, 4) is 17.2 Å². The van der Waals surface area contributed by atoms with Gasteiger partial charge in [-0.15, -0.1) is 0 Å². The number of nitrogens with one attached hydrogen (secondary N) is 2. The highest BCUT2D eigenvalue weighted by atomic mass is 32.2. The fourth-order valence-corrected chi connectivity index (χ4v) is 3.81. The molecule has 0 saturated heterocycles. The second kappa shape index (κ2) is 8.94. The van der Waals surface area contributed by atoms with Crippen molar-refractivity contribution in [1.29, 1.82) is 0 Å². The first kappa shape index (κ1) is 21.5. The number of aryl methyl sites for hydroxylation is 1. The molecule has 0 aliphatic heterocycles. The Morgan fingerprint density at radius 3 is 2.18 bits per heavy atom. The van der Waals surface area contributed by atoms with Gasteiger partial charge in [0.1, 0.15) is 17.2 Å². The van der Waals surface area contributed by atoms with Gasteiger partial charge in [0.2, 0.25) is 15.9 Å². The third kappa shape index (κ3) is 4.93. The Morgan fingerprint density at radius 2 is 1.61 bits per heavy atom. The minimum atomic E-state index is -3.90. The van der Waals surface area contributed by atoms with Gasteiger partial charge in [0.05, 0.1) is 38.0 Å². The lowest BCUT2D eigenvalue weighted by Crippen LogP contribution is -2.41. The largest absolute Gasteiger partial charge is 0.497 e. The highest BCUT2D eigenvalue weighted by molar-refractivity contribution is 7.89. The molecule has 0 spiro atoms. The van der Waals surface area contributed by atoms with Gasteiger partial charge in [-0.05, 0) is 49.7 Å². The van der Waals surface area contributed by atoms with Crippen molar-refractivity contribution >= 4 is 21.6 Å². The maximum atomic E-state index is 12.6. The number of carbonyl (C=O) groups excluding carboxylic acids is 1. The van der Waals surface area contributed by atoms with Crippen molar-refractivity contribution in [3.05, 3.63) is 42.0 Å². The molecule has 2 N–H and O–H groups in total. The molecule has 1 amide bonds. The quantitative estimate of drug-likeness (QED) is 0.695. The Labute approximate surface area is 164 Å². The summed E-state index contributed by atoms with van der Waals surface area (Å²) in [5.74, 6) is 0.989. The van der Waals surface area contributed by atoms with E-state index in [9.17, 15) is 13.2 Å². The first-order chi connectivity index (χ1) is 13.2. The molecular weight excluding hydrogens is 384 g/mol. The average Bonchev–Trinajstić information content (AvgIpc) is 2.67. The standard InChI is InChI=1S/C19H24N2O6S/c1-12-10-15(7-9-17(12)26-4)28(23,24)21-13(2)19(22)20-16-11-14(25-3)6-8-18(16)27-5/h6-11,13,21H,1-5H3,(H,20,22)/t13-/m0/s1. The zero-order valence-electron chi connectivity index (χ0n) is 16.4. The van der Waals surface area contributed by atoms with Gasteiger partial charge in [0, 0.05) is 6.07 Å². The number of hydrogen-bond acceptors (Lipinski definition) is 6. The highest BCUT2D eigenvalue weighted by Crippen LogP contribution is 2.29. The Balaban J connectivity index is 2.16. The third-order valence-electron chi connectivity index (χ3n) is 4.07. The molecule has 0 bridgehead atoms. The molecule has 0 aromatic heterocycles. The Bertz CT molecular complexity index is 959. The van der Waals surface area contributed by atoms with Crippen molar-refractivity contribution < 1.29 is 27.4 Å². The highest BCUT2D eigenvalue weighted by Gasteiger charge is 2.23. The van der Waals surface area contributed by atoms with E-state index in [4.69, 9.17) is 14.2 Å². The van der Waals surface area contributed by atoms with Gasteiger partial charge in [-0.2, -0.15) is 4.72 Å². The minimum Gasteiger partial charge on any atom is -0.497 e. The van der Waals surface area contributed by atoms with Crippen molar-refractivity contribution in [2.45, 2.75) is 24.8 Å². The van der Waals surface area contributed by atoms with E-state index in [1.165, 1.54) is 40.4 Å². The van der Waals surface area contributed by atoms with E-state index in [1.807, 2.05) is 0 Å². The van der Waals surface area contributed by atoms with Crippen molar-refractivity contribution in [2.75, 3.05) is 26.6 Å². The van der Waals surface area contributed by atoms with E-state index in [2.05, 4.69) is 10.0 Å². The van der Waals surface area contributed by atoms with Crippen LogP contribution in [0.4, 0.5) is 5.69 Å². The smallest absolute Gasteiger partial charge is 0.242 e. The summed E-state index contributed by atoms with van der Waals surface area (Å²) < 4.78 is 43.1. The zero-order valence-corrected chi connectivity index (χ0v) is 17.2. The molecule has 0 saturated carbocycles. The van der Waals surface area contributed by atoms with E-state index >= 15 is 0 Å². The maximum Gasteiger partial charge on any atom is 0.242 e. The lowest BCUT2D eigenvalue weighted by atomic mass is 10.2. The second-order valence-corrected chi connectivity index (χ2v) is 7.74. The van der Waals surface area contributed by atoms with Crippen molar-refractivity contribution in [1.82, 2.24) is 4.72 Å². The molecular formula is C19H24N2O6S. The lowest BCUT2D eigenvalue weighted by molar-refractivity contribution is -0.117. The first-order valence-corrected chi connectivity index (χ1v) is 9.90. The van der Waals surface area contributed by atoms with Gasteiger partial charge in [0.15, 0.2) is 0 Å². The zero-order chi connectivity index (χ0) is 20.9. The SMILES string of the molecule is COc1ccc(OC)c(NC(=O)[C@H](C)NS(=O)(=O)c2ccc(OC)c(C)c2)c1. The Morgan fingerprint density at radius 1 is 0.964 bits per heavy atom. The molecule has 2 rings (SSSR count). The molecule has 2 aromatic rings. The van der Waals surface area contributed by atoms with E-state index in [0.29, 0.717) is 28.5 Å². The van der Waals surface area contributed by atoms with E-state index in [0.717, 1.165) is 0 Å². The van der Waals surface area contributed by atoms with Gasteiger partial charge < -0.3 is 19.5 Å². The van der Waals surface area contributed by atoms with Crippen LogP contribution in [0.5, 0.6) is 17.2 Å². The molecule has 0 aliphatic carbocycles. The fourth-order valence-electron chi connectivity index (χ4n) is 2.53. The number of carbonyl (C=O) groups is 1. The number of benzene rings is 2. The topological polar surface area (TPSA) is 103 Å². The molecule has 1 atom stereocenters. The number of methoxy groups -OCH3 is 3. The predicted molar refractivity (Wildman–Crippen MR) is 106 cm³/mol. The molecule has 0 heterocycles. The number of ether oxygens (including phenoxy) is 3. The van der Waals surface area contributed by atoms with Crippen LogP contribution >= 0.6 is 0 Å². The molecule has 0 radical (unpaired) electrons. The van der Waals surface area contributed by atoms with Crippen LogP contribution in [0.2, 0.25) is 0 Å². The van der Waals surface area contributed by atoms with Gasteiger partial charge in [-0.1, -0.05) is 0 Å². The molecule has 0 aliphatic rings. The number of rotatable bonds is 8. The molecule has 0 fully saturated rings. The van der Waals surface area contributed by atoms with Crippen LogP contribution < -0.4 is 24.2 Å². The minimum absolute atomic E-state index is 0.0458. The van der Waals surface area contributed by atoms with Crippen LogP contribution in [-0.4, -0.2) is 41.7 Å². The van der Waals surface area contributed by atoms with Gasteiger partial charge in [-0.25, -0.2) is 8.42 Å². The van der Waals surface area contributed by atoms with Crippen LogP contribution in [0, 0.1) is 6.92 Å². The normalized spacial score (nSPS) is 12.2. The maximum absolute atomic E-state index is 12.6. The first-order valence-electron chi connectivity index (χ1n) is 8.41. The lowest BCUT2D eigenvalue weighted by Gasteiger charge is -2.17. The fraction of sp³-hybridized carbons (Fsp3) is 0.316. The van der Waals surface area contributed by atoms with E-state index in [-0.39, 0.29) is 4.90 Å². The number of hydrogen-bond donors (Lipinski definition) is 2. The van der Waals surface area contributed by atoms with Crippen LogP contribution in [-0.2, 0) is 14.8 Å². The summed E-state index contributed by atoms with van der Waals surface area (Å²) in [5, 5.41) is 2.65. The summed E-state index contributed by atoms with van der Waals surface area (Å²) in [6, 6.07) is 8.36. The van der Waals surface area contributed by atoms with Gasteiger partial charge >= 0.3 is 0 Å². The summed E-state index contributed by atoms with van der Waals surface area (Å²) in [4.78, 5) is 12.5. The molecule has 2 aromatic carbocycles. The van der Waals surface area contributed by atoms with Crippen molar-refractivity contribution in [2.24, 2.45) is 0 Å². The van der Waals surface area contributed by atoms with E-state index in [1.54, 1.807) is 31.2 Å². The van der Waals surface area contributed by atoms with Crippen LogP contribution in [0.25, 0.3) is 0 Å². The number of anilines is 1. The Hall–Kier alpha value is -2.78. The second-order valence-electron chi connectivity index (χ2n) is 6.03. The number of sulfonamides is 1. The van der Waals surface area contributed by atoms with E-state index < -0.39 is 22.0 Å². The van der Waals surface area contributed by atoms with Crippen LogP contribution in [0.3, 0.4) is 0 Å². The Kier molecular flexibility index (Phi) is 6.87.